The van der Waals surface area contributed by atoms with Crippen LogP contribution in [-0.2, 0) is 0 Å². The molecule has 1 heterocycles. The van der Waals surface area contributed by atoms with Crippen LogP contribution >= 0.6 is 11.6 Å². The Labute approximate surface area is 132 Å². The first kappa shape index (κ1) is 15.8. The number of nitrogens with one attached hydrogen (secondary N) is 1. The minimum atomic E-state index is -0.464. The maximum Gasteiger partial charge on any atom is 0.289 e. The van der Waals surface area contributed by atoms with E-state index in [0.29, 0.717) is 16.3 Å². The van der Waals surface area contributed by atoms with Gasteiger partial charge in [0.05, 0.1) is 5.71 Å². The van der Waals surface area contributed by atoms with E-state index in [1.54, 1.807) is 49.4 Å². The predicted octanol–water partition coefficient (Wildman–Crippen LogP) is 2.94. The fourth-order valence-electron chi connectivity index (χ4n) is 1.77. The lowest BCUT2D eigenvalue weighted by atomic mass is 10.1. The number of carbonyl (C=O) groups excluding carboxylic acids is 1. The molecule has 1 aromatic carbocycles. The largest absolute Gasteiger partial charge is 0.289 e. The van der Waals surface area contributed by atoms with Crippen LogP contribution in [0.15, 0.2) is 52.7 Å². The topological polar surface area (TPSA) is 83.8 Å². The van der Waals surface area contributed by atoms with Gasteiger partial charge in [0.1, 0.15) is 12.2 Å². The van der Waals surface area contributed by atoms with Gasteiger partial charge in [-0.05, 0) is 31.2 Å². The van der Waals surface area contributed by atoms with Gasteiger partial charge in [-0.2, -0.15) is 10.0 Å². The van der Waals surface area contributed by atoms with E-state index >= 15 is 0 Å². The maximum absolute atomic E-state index is 12.0. The SMILES string of the molecule is Cc1cccc(C(=O)NN=C(CN=O)c2cccc(Cl)c2)n1. The molecule has 0 atom stereocenters. The summed E-state index contributed by atoms with van der Waals surface area (Å²) in [5, 5.41) is 7.27. The molecule has 22 heavy (non-hydrogen) atoms. The van der Waals surface area contributed by atoms with Gasteiger partial charge < -0.3 is 0 Å². The molecule has 0 aliphatic carbocycles. The molecule has 0 spiro atoms. The van der Waals surface area contributed by atoms with Crippen molar-refractivity contribution in [3.05, 3.63) is 69.3 Å². The Hall–Kier alpha value is -2.60. The van der Waals surface area contributed by atoms with Gasteiger partial charge in [-0.25, -0.2) is 10.4 Å². The summed E-state index contributed by atoms with van der Waals surface area (Å²) in [6.45, 7) is 1.61. The molecule has 7 heteroatoms. The van der Waals surface area contributed by atoms with Gasteiger partial charge in [-0.3, -0.25) is 4.79 Å². The first-order valence-corrected chi connectivity index (χ1v) is 6.83. The third-order valence-corrected chi connectivity index (χ3v) is 3.02. The number of hydrogen-bond donors (Lipinski definition) is 1. The summed E-state index contributed by atoms with van der Waals surface area (Å²) in [6.07, 6.45) is 0. The highest BCUT2D eigenvalue weighted by Crippen LogP contribution is 2.11. The average Bonchev–Trinajstić information content (AvgIpc) is 2.51. The number of nitroso groups, excluding NO2 is 1. The van der Waals surface area contributed by atoms with E-state index in [1.807, 2.05) is 0 Å². The molecule has 1 amide bonds. The van der Waals surface area contributed by atoms with Crippen molar-refractivity contribution < 1.29 is 4.79 Å². The van der Waals surface area contributed by atoms with Crippen molar-refractivity contribution in [1.82, 2.24) is 10.4 Å². The maximum atomic E-state index is 12.0. The summed E-state index contributed by atoms with van der Waals surface area (Å²) in [5.74, 6) is -0.464. The number of rotatable bonds is 5. The van der Waals surface area contributed by atoms with Gasteiger partial charge in [0.2, 0.25) is 0 Å². The number of aryl methyl sites for hydroxylation is 1. The molecule has 0 unspecified atom stereocenters. The minimum Gasteiger partial charge on any atom is -0.266 e. The van der Waals surface area contributed by atoms with Crippen LogP contribution in [0.3, 0.4) is 0 Å². The van der Waals surface area contributed by atoms with Crippen LogP contribution in [0.1, 0.15) is 21.7 Å². The molecule has 2 rings (SSSR count). The molecule has 0 radical (unpaired) electrons. The lowest BCUT2D eigenvalue weighted by Crippen LogP contribution is -2.22. The van der Waals surface area contributed by atoms with E-state index in [2.05, 4.69) is 20.7 Å². The summed E-state index contributed by atoms with van der Waals surface area (Å²) in [5.41, 5.74) is 4.27. The van der Waals surface area contributed by atoms with E-state index in [4.69, 9.17) is 11.6 Å². The molecule has 1 N–H and O–H groups in total. The zero-order chi connectivity index (χ0) is 15.9. The molecule has 6 nitrogen and oxygen atoms in total. The molecule has 2 aromatic rings. The zero-order valence-electron chi connectivity index (χ0n) is 11.8. The van der Waals surface area contributed by atoms with E-state index in [0.717, 1.165) is 5.69 Å². The summed E-state index contributed by atoms with van der Waals surface area (Å²) in [7, 11) is 0. The van der Waals surface area contributed by atoms with Crippen LogP contribution in [0.4, 0.5) is 0 Å². The molecule has 0 saturated carbocycles. The van der Waals surface area contributed by atoms with Crippen molar-refractivity contribution in [2.24, 2.45) is 10.3 Å². The van der Waals surface area contributed by atoms with Gasteiger partial charge >= 0.3 is 0 Å². The number of benzene rings is 1. The highest BCUT2D eigenvalue weighted by molar-refractivity contribution is 6.31. The van der Waals surface area contributed by atoms with Crippen molar-refractivity contribution in [1.29, 1.82) is 0 Å². The number of carbonyl (C=O) groups is 1. The number of aromatic nitrogens is 1. The molecule has 0 saturated heterocycles. The average molecular weight is 317 g/mol. The monoisotopic (exact) mass is 316 g/mol. The second kappa shape index (κ2) is 7.42. The molecular formula is C15H13ClN4O2. The van der Waals surface area contributed by atoms with Gasteiger partial charge in [0.25, 0.3) is 5.91 Å². The normalized spacial score (nSPS) is 11.1. The fourth-order valence-corrected chi connectivity index (χ4v) is 1.96. The number of hydrazone groups is 1. The molecule has 0 aliphatic rings. The predicted molar refractivity (Wildman–Crippen MR) is 85.1 cm³/mol. The van der Waals surface area contributed by atoms with E-state index in [9.17, 15) is 9.70 Å². The summed E-state index contributed by atoms with van der Waals surface area (Å²) >= 11 is 5.90. The molecule has 112 valence electrons. The Balaban J connectivity index is 2.20. The highest BCUT2D eigenvalue weighted by atomic mass is 35.5. The van der Waals surface area contributed by atoms with Gasteiger partial charge in [-0.1, -0.05) is 35.0 Å². The Bertz CT molecular complexity index is 731. The van der Waals surface area contributed by atoms with Crippen LogP contribution in [0.25, 0.3) is 0 Å². The molecule has 0 bridgehead atoms. The fraction of sp³-hybridized carbons (Fsp3) is 0.133. The third-order valence-electron chi connectivity index (χ3n) is 2.79. The number of nitrogens with zero attached hydrogens (tertiary/aromatic N) is 3. The van der Waals surface area contributed by atoms with Crippen molar-refractivity contribution in [3.63, 3.8) is 0 Å². The van der Waals surface area contributed by atoms with Gasteiger partial charge in [0, 0.05) is 16.3 Å². The third kappa shape index (κ3) is 4.20. The summed E-state index contributed by atoms with van der Waals surface area (Å²) in [6, 6.07) is 11.9. The number of halogens is 1. The van der Waals surface area contributed by atoms with Crippen molar-refractivity contribution in [2.75, 3.05) is 6.54 Å². The van der Waals surface area contributed by atoms with Crippen LogP contribution < -0.4 is 5.43 Å². The second-order valence-corrected chi connectivity index (χ2v) is 4.90. The lowest BCUT2D eigenvalue weighted by molar-refractivity contribution is 0.0949. The van der Waals surface area contributed by atoms with Crippen molar-refractivity contribution >= 4 is 23.2 Å². The Morgan fingerprint density at radius 3 is 2.73 bits per heavy atom. The van der Waals surface area contributed by atoms with E-state index in [1.165, 1.54) is 0 Å². The van der Waals surface area contributed by atoms with Crippen molar-refractivity contribution in [3.8, 4) is 0 Å². The standard InChI is InChI=1S/C15H13ClN4O2/c1-10-4-2-7-13(18-10)15(21)20-19-14(9-17-22)11-5-3-6-12(16)8-11/h2-8H,9H2,1H3,(H,20,21). The minimum absolute atomic E-state index is 0.179. The van der Waals surface area contributed by atoms with Crippen LogP contribution in [0.5, 0.6) is 0 Å². The van der Waals surface area contributed by atoms with Crippen molar-refractivity contribution in [2.45, 2.75) is 6.92 Å². The quantitative estimate of drug-likeness (QED) is 0.523. The van der Waals surface area contributed by atoms with E-state index < -0.39 is 5.91 Å². The van der Waals surface area contributed by atoms with Crippen LogP contribution in [-0.4, -0.2) is 23.1 Å². The first-order chi connectivity index (χ1) is 10.6. The number of pyridine rings is 1. The summed E-state index contributed by atoms with van der Waals surface area (Å²) in [4.78, 5) is 26.6. The second-order valence-electron chi connectivity index (χ2n) is 4.46. The van der Waals surface area contributed by atoms with Crippen LogP contribution in [0, 0.1) is 11.8 Å². The van der Waals surface area contributed by atoms with Gasteiger partial charge in [0.15, 0.2) is 0 Å². The first-order valence-electron chi connectivity index (χ1n) is 6.46. The molecular weight excluding hydrogens is 304 g/mol. The Morgan fingerprint density at radius 1 is 1.27 bits per heavy atom. The Kier molecular flexibility index (Phi) is 5.32. The highest BCUT2D eigenvalue weighted by Gasteiger charge is 2.09. The van der Waals surface area contributed by atoms with E-state index in [-0.39, 0.29) is 12.2 Å². The van der Waals surface area contributed by atoms with Crippen LogP contribution in [0.2, 0.25) is 5.02 Å². The number of amides is 1. The molecule has 0 fully saturated rings. The zero-order valence-corrected chi connectivity index (χ0v) is 12.5. The Morgan fingerprint density at radius 2 is 2.05 bits per heavy atom. The van der Waals surface area contributed by atoms with Gasteiger partial charge in [-0.15, -0.1) is 0 Å². The molecule has 1 aromatic heterocycles. The molecule has 0 aliphatic heterocycles. The smallest absolute Gasteiger partial charge is 0.266 e. The number of hydrogen-bond acceptors (Lipinski definition) is 5. The lowest BCUT2D eigenvalue weighted by Gasteiger charge is -2.05. The summed E-state index contributed by atoms with van der Waals surface area (Å²) < 4.78 is 0.